The highest BCUT2D eigenvalue weighted by atomic mass is 19.4. The molecule has 3 rings (SSSR count). The number of hydrogen-bond acceptors (Lipinski definition) is 3. The Kier molecular flexibility index (Phi) is 7.54. The fraction of sp³-hybridized carbons (Fsp3) is 0.280. The Morgan fingerprint density at radius 2 is 1.31 bits per heavy atom. The van der Waals surface area contributed by atoms with Gasteiger partial charge in [0.1, 0.15) is 11.5 Å². The number of aryl methyl sites for hydroxylation is 2. The SMILES string of the molecule is Cc1cc(C)cc(Oc2cccc(N(CC(O)C(F)(F)F)c3cccc(C(F)(F)C(F)(F)F)c3)c2)c1. The van der Waals surface area contributed by atoms with Gasteiger partial charge in [-0.2, -0.15) is 35.1 Å². The van der Waals surface area contributed by atoms with Crippen LogP contribution < -0.4 is 9.64 Å². The summed E-state index contributed by atoms with van der Waals surface area (Å²) in [5.41, 5.74) is -0.130. The van der Waals surface area contributed by atoms with Gasteiger partial charge in [0.25, 0.3) is 0 Å². The van der Waals surface area contributed by atoms with Gasteiger partial charge in [-0.1, -0.05) is 24.3 Å². The number of benzene rings is 3. The molecule has 3 aromatic carbocycles. The highest BCUT2D eigenvalue weighted by molar-refractivity contribution is 5.66. The summed E-state index contributed by atoms with van der Waals surface area (Å²) in [5, 5.41) is 9.68. The summed E-state index contributed by atoms with van der Waals surface area (Å²) in [6.07, 6.45) is -13.9. The van der Waals surface area contributed by atoms with Gasteiger partial charge in [0.2, 0.25) is 0 Å². The Balaban J connectivity index is 2.05. The molecule has 3 nitrogen and oxygen atoms in total. The smallest absolute Gasteiger partial charge is 0.457 e. The monoisotopic (exact) mass is 519 g/mol. The number of rotatable bonds is 7. The maximum absolute atomic E-state index is 13.9. The van der Waals surface area contributed by atoms with E-state index in [0.29, 0.717) is 17.9 Å². The van der Waals surface area contributed by atoms with Crippen molar-refractivity contribution in [2.75, 3.05) is 11.4 Å². The van der Waals surface area contributed by atoms with Crippen molar-refractivity contribution in [3.63, 3.8) is 0 Å². The Bertz CT molecular complexity index is 1190. The Morgan fingerprint density at radius 1 is 0.750 bits per heavy atom. The largest absolute Gasteiger partial charge is 0.458 e. The first kappa shape index (κ1) is 27.3. The molecule has 0 spiro atoms. The van der Waals surface area contributed by atoms with Crippen LogP contribution in [0.4, 0.5) is 46.5 Å². The molecule has 0 aromatic heterocycles. The van der Waals surface area contributed by atoms with Gasteiger partial charge in [0.15, 0.2) is 6.10 Å². The molecule has 0 aliphatic carbocycles. The van der Waals surface area contributed by atoms with Crippen molar-refractivity contribution in [2.45, 2.75) is 38.2 Å². The molecule has 0 amide bonds. The summed E-state index contributed by atoms with van der Waals surface area (Å²) >= 11 is 0. The zero-order chi connectivity index (χ0) is 26.9. The molecule has 11 heteroatoms. The first-order valence-corrected chi connectivity index (χ1v) is 10.5. The molecule has 0 radical (unpaired) electrons. The second-order valence-electron chi connectivity index (χ2n) is 8.21. The van der Waals surface area contributed by atoms with Crippen LogP contribution in [0.15, 0.2) is 66.7 Å². The van der Waals surface area contributed by atoms with E-state index in [0.717, 1.165) is 28.2 Å². The molecule has 0 fully saturated rings. The lowest BCUT2D eigenvalue weighted by molar-refractivity contribution is -0.289. The van der Waals surface area contributed by atoms with Gasteiger partial charge in [-0.05, 0) is 61.4 Å². The average Bonchev–Trinajstić information content (AvgIpc) is 2.75. The summed E-state index contributed by atoms with van der Waals surface area (Å²) in [6.45, 7) is 2.50. The predicted octanol–water partition coefficient (Wildman–Crippen LogP) is 7.81. The molecule has 0 saturated carbocycles. The Morgan fingerprint density at radius 3 is 1.86 bits per heavy atom. The summed E-state index contributed by atoms with van der Waals surface area (Å²) in [6, 6.07) is 13.7. The van der Waals surface area contributed by atoms with E-state index >= 15 is 0 Å². The van der Waals surface area contributed by atoms with E-state index in [2.05, 4.69) is 0 Å². The summed E-state index contributed by atoms with van der Waals surface area (Å²) in [5.74, 6) is -4.65. The van der Waals surface area contributed by atoms with Crippen molar-refractivity contribution in [1.29, 1.82) is 0 Å². The predicted molar refractivity (Wildman–Crippen MR) is 118 cm³/mol. The number of ether oxygens (including phenoxy) is 1. The summed E-state index contributed by atoms with van der Waals surface area (Å²) in [7, 11) is 0. The molecule has 36 heavy (non-hydrogen) atoms. The van der Waals surface area contributed by atoms with E-state index in [9.17, 15) is 40.2 Å². The second kappa shape index (κ2) is 9.96. The van der Waals surface area contributed by atoms with Crippen LogP contribution in [0, 0.1) is 13.8 Å². The second-order valence-corrected chi connectivity index (χ2v) is 8.21. The van der Waals surface area contributed by atoms with Crippen LogP contribution in [0.25, 0.3) is 0 Å². The van der Waals surface area contributed by atoms with Crippen LogP contribution in [0.2, 0.25) is 0 Å². The fourth-order valence-corrected chi connectivity index (χ4v) is 3.51. The van der Waals surface area contributed by atoms with Crippen molar-refractivity contribution >= 4 is 11.4 Å². The van der Waals surface area contributed by atoms with Crippen LogP contribution in [0.1, 0.15) is 16.7 Å². The number of nitrogens with zero attached hydrogens (tertiary/aromatic N) is 1. The van der Waals surface area contributed by atoms with Gasteiger partial charge >= 0.3 is 18.3 Å². The number of alkyl halides is 8. The number of anilines is 2. The lowest BCUT2D eigenvalue weighted by Gasteiger charge is -2.30. The topological polar surface area (TPSA) is 32.7 Å². The molecule has 3 aromatic rings. The molecule has 0 bridgehead atoms. The van der Waals surface area contributed by atoms with Crippen molar-refractivity contribution in [3.8, 4) is 11.5 Å². The maximum atomic E-state index is 13.9. The van der Waals surface area contributed by atoms with Crippen LogP contribution in [-0.4, -0.2) is 30.1 Å². The van der Waals surface area contributed by atoms with Gasteiger partial charge < -0.3 is 14.7 Å². The van der Waals surface area contributed by atoms with E-state index < -0.39 is 42.2 Å². The zero-order valence-corrected chi connectivity index (χ0v) is 19.0. The number of halogens is 8. The molecule has 1 atom stereocenters. The molecule has 1 N–H and O–H groups in total. The third kappa shape index (κ3) is 6.26. The summed E-state index contributed by atoms with van der Waals surface area (Å²) in [4.78, 5) is 0.794. The minimum Gasteiger partial charge on any atom is -0.457 e. The van der Waals surface area contributed by atoms with Crippen molar-refractivity contribution < 1.29 is 45.0 Å². The molecular weight excluding hydrogens is 498 g/mol. The van der Waals surface area contributed by atoms with Crippen LogP contribution in [0.5, 0.6) is 11.5 Å². The third-order valence-electron chi connectivity index (χ3n) is 5.17. The molecule has 1 unspecified atom stereocenters. The van der Waals surface area contributed by atoms with E-state index in [1.54, 1.807) is 12.1 Å². The molecule has 0 saturated heterocycles. The maximum Gasteiger partial charge on any atom is 0.458 e. The normalized spacial score (nSPS) is 13.4. The van der Waals surface area contributed by atoms with Crippen molar-refractivity contribution in [3.05, 3.63) is 83.4 Å². The lowest BCUT2D eigenvalue weighted by atomic mass is 10.1. The molecule has 0 aliphatic rings. The van der Waals surface area contributed by atoms with Gasteiger partial charge in [-0.15, -0.1) is 0 Å². The third-order valence-corrected chi connectivity index (χ3v) is 5.17. The van der Waals surface area contributed by atoms with Gasteiger partial charge in [0, 0.05) is 23.0 Å². The fourth-order valence-electron chi connectivity index (χ4n) is 3.51. The molecule has 0 aliphatic heterocycles. The van der Waals surface area contributed by atoms with Crippen LogP contribution in [-0.2, 0) is 5.92 Å². The lowest BCUT2D eigenvalue weighted by Crippen LogP contribution is -2.39. The standard InChI is InChI=1S/C25H21F8NO2/c1-15-9-16(2)11-21(10-15)36-20-8-4-7-19(13-20)34(14-22(35)24(28,29)30)18-6-3-5-17(12-18)23(26,27)25(31,32)33/h3-13,22,35H,14H2,1-2H3. The summed E-state index contributed by atoms with van der Waals surface area (Å²) < 4.78 is 112. The van der Waals surface area contributed by atoms with Crippen molar-refractivity contribution in [2.24, 2.45) is 0 Å². The van der Waals surface area contributed by atoms with E-state index in [1.165, 1.54) is 24.3 Å². The Labute approximate surface area is 201 Å². The minimum atomic E-state index is -5.92. The zero-order valence-electron chi connectivity index (χ0n) is 19.0. The quantitative estimate of drug-likeness (QED) is 0.323. The van der Waals surface area contributed by atoms with Gasteiger partial charge in [0.05, 0.1) is 6.54 Å². The number of aliphatic hydroxyl groups excluding tert-OH is 1. The van der Waals surface area contributed by atoms with Crippen LogP contribution in [0.3, 0.4) is 0 Å². The number of aliphatic hydroxyl groups is 1. The Hall–Kier alpha value is -3.34. The van der Waals surface area contributed by atoms with E-state index in [-0.39, 0.29) is 11.4 Å². The molecular formula is C25H21F8NO2. The highest BCUT2D eigenvalue weighted by Crippen LogP contribution is 2.45. The molecule has 0 heterocycles. The highest BCUT2D eigenvalue weighted by Gasteiger charge is 2.58. The van der Waals surface area contributed by atoms with Crippen molar-refractivity contribution in [1.82, 2.24) is 0 Å². The average molecular weight is 519 g/mol. The molecule has 194 valence electrons. The van der Waals surface area contributed by atoms with Gasteiger partial charge in [-0.25, -0.2) is 0 Å². The first-order chi connectivity index (χ1) is 16.6. The first-order valence-electron chi connectivity index (χ1n) is 10.5. The number of hydrogen-bond donors (Lipinski definition) is 1. The minimum absolute atomic E-state index is 0.0346. The van der Waals surface area contributed by atoms with E-state index in [4.69, 9.17) is 4.74 Å². The van der Waals surface area contributed by atoms with Crippen LogP contribution >= 0.6 is 0 Å². The van der Waals surface area contributed by atoms with E-state index in [1.807, 2.05) is 19.9 Å². The van der Waals surface area contributed by atoms with Gasteiger partial charge in [-0.3, -0.25) is 0 Å².